The Bertz CT molecular complexity index is 636. The maximum atomic E-state index is 10.1. The molecule has 1 aromatic carbocycles. The van der Waals surface area contributed by atoms with Crippen molar-refractivity contribution in [1.29, 1.82) is 0 Å². The molecule has 6 heteroatoms. The Labute approximate surface area is 114 Å². The third-order valence-electron chi connectivity index (χ3n) is 2.72. The van der Waals surface area contributed by atoms with Crippen molar-refractivity contribution in [3.63, 3.8) is 0 Å². The van der Waals surface area contributed by atoms with Crippen LogP contribution in [0.5, 0.6) is 0 Å². The summed E-state index contributed by atoms with van der Waals surface area (Å²) < 4.78 is 0. The summed E-state index contributed by atoms with van der Waals surface area (Å²) in [6, 6.07) is 9.61. The van der Waals surface area contributed by atoms with Gasteiger partial charge in [-0.15, -0.1) is 11.3 Å². The number of nitrogens with zero attached hydrogens (tertiary/aromatic N) is 4. The number of rotatable bonds is 4. The van der Waals surface area contributed by atoms with Gasteiger partial charge in [0.1, 0.15) is 11.8 Å². The predicted molar refractivity (Wildman–Crippen MR) is 72.1 cm³/mol. The standard InChI is InChI=1S/C13H12N4OS/c18-13(6-11-7-14-9-19-11)12-8-15-17(16-12)10-4-2-1-3-5-10/h1-5,7-9,13,18H,6H2. The van der Waals surface area contributed by atoms with Crippen LogP contribution in [0.2, 0.25) is 0 Å². The number of para-hydroxylation sites is 1. The van der Waals surface area contributed by atoms with E-state index >= 15 is 0 Å². The van der Waals surface area contributed by atoms with Gasteiger partial charge in [-0.25, -0.2) is 0 Å². The molecule has 3 aromatic rings. The highest BCUT2D eigenvalue weighted by atomic mass is 32.1. The van der Waals surface area contributed by atoms with Gasteiger partial charge in [0.05, 0.1) is 17.4 Å². The van der Waals surface area contributed by atoms with Crippen LogP contribution in [-0.4, -0.2) is 25.1 Å². The first-order valence-corrected chi connectivity index (χ1v) is 6.74. The topological polar surface area (TPSA) is 63.8 Å². The van der Waals surface area contributed by atoms with Crippen molar-refractivity contribution in [2.24, 2.45) is 0 Å². The molecule has 0 radical (unpaired) electrons. The summed E-state index contributed by atoms with van der Waals surface area (Å²) in [5.74, 6) is 0. The van der Waals surface area contributed by atoms with Gasteiger partial charge in [-0.1, -0.05) is 18.2 Å². The van der Waals surface area contributed by atoms with Gasteiger partial charge in [-0.05, 0) is 12.1 Å². The van der Waals surface area contributed by atoms with E-state index in [0.29, 0.717) is 12.1 Å². The Kier molecular flexibility index (Phi) is 3.35. The van der Waals surface area contributed by atoms with Crippen molar-refractivity contribution >= 4 is 11.3 Å². The van der Waals surface area contributed by atoms with E-state index in [9.17, 15) is 5.11 Å². The molecular formula is C13H12N4OS. The summed E-state index contributed by atoms with van der Waals surface area (Å²) in [5, 5.41) is 18.6. The maximum Gasteiger partial charge on any atom is 0.112 e. The number of hydrogen-bond acceptors (Lipinski definition) is 5. The van der Waals surface area contributed by atoms with Crippen LogP contribution in [0.25, 0.3) is 5.69 Å². The van der Waals surface area contributed by atoms with Gasteiger partial charge in [-0.3, -0.25) is 4.98 Å². The predicted octanol–water partition coefficient (Wildman–Crippen LogP) is 2.00. The van der Waals surface area contributed by atoms with Crippen LogP contribution in [0, 0.1) is 0 Å². The van der Waals surface area contributed by atoms with Gasteiger partial charge in [0.2, 0.25) is 0 Å². The molecule has 2 aromatic heterocycles. The number of aliphatic hydroxyl groups excluding tert-OH is 1. The quantitative estimate of drug-likeness (QED) is 0.789. The minimum Gasteiger partial charge on any atom is -0.386 e. The maximum absolute atomic E-state index is 10.1. The fourth-order valence-electron chi connectivity index (χ4n) is 1.75. The molecule has 96 valence electrons. The van der Waals surface area contributed by atoms with Crippen molar-refractivity contribution in [2.75, 3.05) is 0 Å². The normalized spacial score (nSPS) is 12.5. The summed E-state index contributed by atoms with van der Waals surface area (Å²) in [6.45, 7) is 0. The molecule has 0 spiro atoms. The molecule has 0 saturated heterocycles. The fraction of sp³-hybridized carbons (Fsp3) is 0.154. The summed E-state index contributed by atoms with van der Waals surface area (Å²) in [5.41, 5.74) is 3.19. The largest absolute Gasteiger partial charge is 0.386 e. The molecule has 1 atom stereocenters. The van der Waals surface area contributed by atoms with Crippen molar-refractivity contribution in [3.05, 3.63) is 58.8 Å². The highest BCUT2D eigenvalue weighted by Crippen LogP contribution is 2.18. The van der Waals surface area contributed by atoms with Crippen molar-refractivity contribution in [2.45, 2.75) is 12.5 Å². The van der Waals surface area contributed by atoms with E-state index in [1.54, 1.807) is 17.9 Å². The van der Waals surface area contributed by atoms with Crippen molar-refractivity contribution < 1.29 is 5.11 Å². The lowest BCUT2D eigenvalue weighted by Crippen LogP contribution is -2.04. The van der Waals surface area contributed by atoms with Crippen molar-refractivity contribution in [1.82, 2.24) is 20.0 Å². The lowest BCUT2D eigenvalue weighted by atomic mass is 10.2. The first kappa shape index (κ1) is 12.0. The zero-order valence-corrected chi connectivity index (χ0v) is 10.9. The van der Waals surface area contributed by atoms with Crippen LogP contribution < -0.4 is 0 Å². The Hall–Kier alpha value is -2.05. The second kappa shape index (κ2) is 5.29. The SMILES string of the molecule is OC(Cc1cncs1)c1cnn(-c2ccccc2)n1. The van der Waals surface area contributed by atoms with Crippen LogP contribution >= 0.6 is 11.3 Å². The van der Waals surface area contributed by atoms with E-state index in [-0.39, 0.29) is 0 Å². The molecule has 0 bridgehead atoms. The Morgan fingerprint density at radius 2 is 2.05 bits per heavy atom. The van der Waals surface area contributed by atoms with Gasteiger partial charge >= 0.3 is 0 Å². The fourth-order valence-corrected chi connectivity index (χ4v) is 2.38. The lowest BCUT2D eigenvalue weighted by Gasteiger charge is -2.04. The molecule has 0 aliphatic carbocycles. The third kappa shape index (κ3) is 2.69. The van der Waals surface area contributed by atoms with Gasteiger partial charge < -0.3 is 5.11 Å². The van der Waals surface area contributed by atoms with Gasteiger partial charge in [0.25, 0.3) is 0 Å². The average Bonchev–Trinajstić information content (AvgIpc) is 3.10. The summed E-state index contributed by atoms with van der Waals surface area (Å²) >= 11 is 1.52. The minimum absolute atomic E-state index is 0.512. The summed E-state index contributed by atoms with van der Waals surface area (Å²) in [7, 11) is 0. The first-order chi connectivity index (χ1) is 9.33. The Morgan fingerprint density at radius 3 is 2.79 bits per heavy atom. The molecule has 1 N–H and O–H groups in total. The van der Waals surface area contributed by atoms with Gasteiger partial charge in [0.15, 0.2) is 0 Å². The zero-order valence-electron chi connectivity index (χ0n) is 10.0. The molecule has 19 heavy (non-hydrogen) atoms. The molecular weight excluding hydrogens is 260 g/mol. The van der Waals surface area contributed by atoms with Crippen LogP contribution in [-0.2, 0) is 6.42 Å². The summed E-state index contributed by atoms with van der Waals surface area (Å²) in [4.78, 5) is 6.54. The van der Waals surface area contributed by atoms with E-state index in [1.807, 2.05) is 30.3 Å². The first-order valence-electron chi connectivity index (χ1n) is 5.86. The monoisotopic (exact) mass is 272 g/mol. The smallest absolute Gasteiger partial charge is 0.112 e. The molecule has 3 rings (SSSR count). The number of benzene rings is 1. The van der Waals surface area contributed by atoms with Crippen LogP contribution in [0.1, 0.15) is 16.7 Å². The molecule has 0 aliphatic heterocycles. The van der Waals surface area contributed by atoms with E-state index < -0.39 is 6.10 Å². The number of thiazole rings is 1. The molecule has 2 heterocycles. The van der Waals surface area contributed by atoms with E-state index in [4.69, 9.17) is 0 Å². The molecule has 0 aliphatic rings. The summed E-state index contributed by atoms with van der Waals surface area (Å²) in [6.07, 6.45) is 3.21. The van der Waals surface area contributed by atoms with Gasteiger partial charge in [-0.2, -0.15) is 15.0 Å². The third-order valence-corrected chi connectivity index (χ3v) is 3.52. The Morgan fingerprint density at radius 1 is 1.21 bits per heavy atom. The number of aromatic nitrogens is 4. The average molecular weight is 272 g/mol. The molecule has 1 unspecified atom stereocenters. The van der Waals surface area contributed by atoms with Crippen LogP contribution in [0.3, 0.4) is 0 Å². The highest BCUT2D eigenvalue weighted by Gasteiger charge is 2.14. The molecule has 0 amide bonds. The van der Waals surface area contributed by atoms with Gasteiger partial charge in [0, 0.05) is 17.5 Å². The lowest BCUT2D eigenvalue weighted by molar-refractivity contribution is 0.174. The minimum atomic E-state index is -0.655. The van der Waals surface area contributed by atoms with E-state index in [1.165, 1.54) is 16.1 Å². The number of hydrogen-bond donors (Lipinski definition) is 1. The van der Waals surface area contributed by atoms with Crippen LogP contribution in [0.4, 0.5) is 0 Å². The molecule has 0 fully saturated rings. The van der Waals surface area contributed by atoms with E-state index in [2.05, 4.69) is 15.2 Å². The van der Waals surface area contributed by atoms with Crippen LogP contribution in [0.15, 0.2) is 48.2 Å². The highest BCUT2D eigenvalue weighted by molar-refractivity contribution is 7.09. The molecule has 5 nitrogen and oxygen atoms in total. The number of aliphatic hydroxyl groups is 1. The Balaban J connectivity index is 1.78. The second-order valence-corrected chi connectivity index (χ2v) is 5.05. The zero-order chi connectivity index (χ0) is 13.1. The van der Waals surface area contributed by atoms with Crippen molar-refractivity contribution in [3.8, 4) is 5.69 Å². The second-order valence-electron chi connectivity index (χ2n) is 4.08. The van der Waals surface area contributed by atoms with E-state index in [0.717, 1.165) is 10.6 Å². The molecule has 0 saturated carbocycles.